The van der Waals surface area contributed by atoms with Crippen LogP contribution in [0, 0.1) is 0 Å². The summed E-state index contributed by atoms with van der Waals surface area (Å²) in [5, 5.41) is -13.0. The molecule has 0 saturated carbocycles. The minimum absolute atomic E-state index is 2.74. The molecule has 0 radical (unpaired) electrons. The van der Waals surface area contributed by atoms with E-state index >= 15 is 0 Å². The van der Waals surface area contributed by atoms with Crippen molar-refractivity contribution >= 4 is 19.7 Å². The van der Waals surface area contributed by atoms with Gasteiger partial charge in [0.05, 0.1) is 0 Å². The van der Waals surface area contributed by atoms with Crippen LogP contribution in [0.15, 0.2) is 0 Å². The lowest BCUT2D eigenvalue weighted by atomic mass is 10.8. The monoisotopic (exact) mass is 308 g/mol. The van der Waals surface area contributed by atoms with Crippen molar-refractivity contribution in [3.63, 3.8) is 0 Å². The van der Waals surface area contributed by atoms with Crippen LogP contribution in [0.4, 0.5) is 26.3 Å². The van der Waals surface area contributed by atoms with Crippen LogP contribution in [-0.2, 0) is 19.7 Å². The smallest absolute Gasteiger partial charge is 0.243 e. The van der Waals surface area contributed by atoms with Gasteiger partial charge < -0.3 is 0 Å². The summed E-state index contributed by atoms with van der Waals surface area (Å²) in [5.74, 6) is 0. The van der Waals surface area contributed by atoms with Gasteiger partial charge in [-0.15, -0.1) is 0 Å². The third kappa shape index (κ3) is 3.24. The van der Waals surface area contributed by atoms with Crippen molar-refractivity contribution < 1.29 is 43.2 Å². The number of alkyl halides is 6. The molecule has 0 spiro atoms. The lowest BCUT2D eigenvalue weighted by Gasteiger charge is -2.16. The molecule has 17 heavy (non-hydrogen) atoms. The Hall–Kier alpha value is -0.520. The molecule has 0 aromatic carbocycles. The van der Waals surface area contributed by atoms with E-state index in [1.54, 1.807) is 0 Å². The SMILES string of the molecule is O=S(=O)(CS(=O)(=O)C(F)(F)CF)C(F)(F)CF. The largest absolute Gasteiger partial charge is 0.374 e. The molecule has 0 aliphatic heterocycles. The van der Waals surface area contributed by atoms with Gasteiger partial charge in [0.2, 0.25) is 19.7 Å². The molecular formula is C5H6F6O4S2. The van der Waals surface area contributed by atoms with E-state index in [4.69, 9.17) is 0 Å². The van der Waals surface area contributed by atoms with Gasteiger partial charge in [0, 0.05) is 0 Å². The van der Waals surface area contributed by atoms with E-state index in [0.29, 0.717) is 0 Å². The fourth-order valence-electron chi connectivity index (χ4n) is 0.543. The fraction of sp³-hybridized carbons (Fsp3) is 1.00. The number of sulfone groups is 2. The van der Waals surface area contributed by atoms with E-state index in [1.807, 2.05) is 0 Å². The zero-order valence-electron chi connectivity index (χ0n) is 7.84. The summed E-state index contributed by atoms with van der Waals surface area (Å²) in [6.07, 6.45) is 0. The first-order chi connectivity index (χ1) is 7.33. The van der Waals surface area contributed by atoms with Crippen molar-refractivity contribution in [1.82, 2.24) is 0 Å². The molecule has 0 unspecified atom stereocenters. The van der Waals surface area contributed by atoms with E-state index in [1.165, 1.54) is 0 Å². The highest BCUT2D eigenvalue weighted by Crippen LogP contribution is 2.30. The van der Waals surface area contributed by atoms with Crippen molar-refractivity contribution in [2.45, 2.75) is 10.5 Å². The topological polar surface area (TPSA) is 68.3 Å². The van der Waals surface area contributed by atoms with Crippen molar-refractivity contribution in [1.29, 1.82) is 0 Å². The van der Waals surface area contributed by atoms with Crippen LogP contribution in [0.25, 0.3) is 0 Å². The molecule has 0 saturated heterocycles. The molecule has 0 bridgehead atoms. The lowest BCUT2D eigenvalue weighted by Crippen LogP contribution is -2.42. The molecule has 12 heteroatoms. The highest BCUT2D eigenvalue weighted by atomic mass is 32.3. The summed E-state index contributed by atoms with van der Waals surface area (Å²) < 4.78 is 115. The summed E-state index contributed by atoms with van der Waals surface area (Å²) in [7, 11) is -12.0. The quantitative estimate of drug-likeness (QED) is 0.684. The van der Waals surface area contributed by atoms with Crippen molar-refractivity contribution in [2.75, 3.05) is 18.4 Å². The first-order valence-corrected chi connectivity index (χ1v) is 6.95. The van der Waals surface area contributed by atoms with E-state index in [9.17, 15) is 43.2 Å². The molecule has 0 aromatic rings. The van der Waals surface area contributed by atoms with Crippen LogP contribution in [-0.4, -0.2) is 45.8 Å². The van der Waals surface area contributed by atoms with Gasteiger partial charge in [0.15, 0.2) is 18.4 Å². The first-order valence-electron chi connectivity index (χ1n) is 3.65. The molecule has 0 aliphatic carbocycles. The second-order valence-corrected chi connectivity index (χ2v) is 7.49. The maximum absolute atomic E-state index is 12.4. The molecule has 4 nitrogen and oxygen atoms in total. The Kier molecular flexibility index (Phi) is 4.49. The van der Waals surface area contributed by atoms with Crippen LogP contribution in [0.5, 0.6) is 0 Å². The summed E-state index contributed by atoms with van der Waals surface area (Å²) >= 11 is 0. The Labute approximate surface area is 92.4 Å². The Balaban J connectivity index is 5.40. The second-order valence-electron chi connectivity index (χ2n) is 2.89. The van der Waals surface area contributed by atoms with Crippen molar-refractivity contribution in [3.8, 4) is 0 Å². The predicted octanol–water partition coefficient (Wildman–Crippen LogP) is 0.898. The lowest BCUT2D eigenvalue weighted by molar-refractivity contribution is 0.0593. The zero-order valence-corrected chi connectivity index (χ0v) is 9.47. The predicted molar refractivity (Wildman–Crippen MR) is 44.6 cm³/mol. The van der Waals surface area contributed by atoms with Gasteiger partial charge in [0.25, 0.3) is 0 Å². The average Bonchev–Trinajstić information content (AvgIpc) is 2.15. The van der Waals surface area contributed by atoms with Gasteiger partial charge in [0.1, 0.15) is 0 Å². The average molecular weight is 308 g/mol. The van der Waals surface area contributed by atoms with Crippen LogP contribution in [0.1, 0.15) is 0 Å². The maximum Gasteiger partial charge on any atom is 0.374 e. The summed E-state index contributed by atoms with van der Waals surface area (Å²) in [5.41, 5.74) is 0. The Bertz CT molecular complexity index is 423. The highest BCUT2D eigenvalue weighted by Gasteiger charge is 2.54. The zero-order chi connectivity index (χ0) is 14.1. The first kappa shape index (κ1) is 16.5. The van der Waals surface area contributed by atoms with Crippen molar-refractivity contribution in [2.24, 2.45) is 0 Å². The fourth-order valence-corrected chi connectivity index (χ4v) is 3.89. The molecule has 0 atom stereocenters. The minimum atomic E-state index is -6.00. The number of hydrogen-bond donors (Lipinski definition) is 0. The Morgan fingerprint density at radius 2 is 0.941 bits per heavy atom. The number of halogens is 6. The molecule has 0 fully saturated rings. The van der Waals surface area contributed by atoms with Gasteiger partial charge in [-0.3, -0.25) is 0 Å². The molecule has 0 aromatic heterocycles. The highest BCUT2D eigenvalue weighted by molar-refractivity contribution is 8.09. The maximum atomic E-state index is 12.4. The third-order valence-electron chi connectivity index (χ3n) is 1.53. The van der Waals surface area contributed by atoms with E-state index < -0.39 is 48.6 Å². The van der Waals surface area contributed by atoms with Crippen LogP contribution in [0.2, 0.25) is 0 Å². The second kappa shape index (κ2) is 4.63. The Morgan fingerprint density at radius 1 is 0.706 bits per heavy atom. The molecule has 0 N–H and O–H groups in total. The number of rotatable bonds is 6. The Morgan fingerprint density at radius 3 is 1.12 bits per heavy atom. The normalized spacial score (nSPS) is 14.9. The van der Waals surface area contributed by atoms with E-state index in [-0.39, 0.29) is 0 Å². The molecule has 0 amide bonds. The molecule has 104 valence electrons. The minimum Gasteiger partial charge on any atom is -0.243 e. The van der Waals surface area contributed by atoms with Gasteiger partial charge in [-0.1, -0.05) is 0 Å². The van der Waals surface area contributed by atoms with E-state index in [2.05, 4.69) is 0 Å². The molecular weight excluding hydrogens is 302 g/mol. The third-order valence-corrected chi connectivity index (χ3v) is 6.05. The summed E-state index contributed by atoms with van der Waals surface area (Å²) in [6, 6.07) is 0. The van der Waals surface area contributed by atoms with Gasteiger partial charge in [-0.2, -0.15) is 17.6 Å². The summed E-state index contributed by atoms with van der Waals surface area (Å²) in [6.45, 7) is -5.54. The molecule has 0 heterocycles. The van der Waals surface area contributed by atoms with Crippen molar-refractivity contribution in [3.05, 3.63) is 0 Å². The number of hydrogen-bond acceptors (Lipinski definition) is 4. The van der Waals surface area contributed by atoms with Crippen LogP contribution in [0.3, 0.4) is 0 Å². The van der Waals surface area contributed by atoms with Gasteiger partial charge in [-0.05, 0) is 0 Å². The molecule has 0 aliphatic rings. The summed E-state index contributed by atoms with van der Waals surface area (Å²) in [4.78, 5) is 0. The van der Waals surface area contributed by atoms with Crippen LogP contribution < -0.4 is 0 Å². The van der Waals surface area contributed by atoms with Crippen LogP contribution >= 0.6 is 0 Å². The molecule has 0 rings (SSSR count). The standard InChI is InChI=1S/C5H6F6O4S2/c6-1-4(8,9)16(12,13)3-17(14,15)5(10,11)2-7/h1-3H2. The van der Waals surface area contributed by atoms with E-state index in [0.717, 1.165) is 0 Å². The van der Waals surface area contributed by atoms with Gasteiger partial charge >= 0.3 is 10.5 Å². The van der Waals surface area contributed by atoms with Gasteiger partial charge in [-0.25, -0.2) is 25.6 Å².